The smallest absolute Gasteiger partial charge is 0.189 e. The molecule has 0 spiro atoms. The standard InChI is InChI=1S/C13H17Br2NO2/c1-2-17-8-18-13-11(14)5-9(6-12(13)15)7-16-10-3-4-10/h5-6,10,16H,2-4,7-8H2,1H3. The fourth-order valence-corrected chi connectivity index (χ4v) is 3.10. The molecule has 1 aromatic rings. The SMILES string of the molecule is CCOCOc1c(Br)cc(CNC2CC2)cc1Br. The normalized spacial score (nSPS) is 14.8. The Kier molecular flexibility index (Phi) is 5.48. The third-order valence-electron chi connectivity index (χ3n) is 2.72. The lowest BCUT2D eigenvalue weighted by Crippen LogP contribution is -2.15. The number of halogens is 2. The van der Waals surface area contributed by atoms with Crippen molar-refractivity contribution in [3.8, 4) is 5.75 Å². The molecule has 5 heteroatoms. The molecule has 18 heavy (non-hydrogen) atoms. The van der Waals surface area contributed by atoms with Gasteiger partial charge >= 0.3 is 0 Å². The van der Waals surface area contributed by atoms with Crippen LogP contribution in [0.5, 0.6) is 5.75 Å². The van der Waals surface area contributed by atoms with Crippen LogP contribution >= 0.6 is 31.9 Å². The van der Waals surface area contributed by atoms with Crippen molar-refractivity contribution in [2.24, 2.45) is 0 Å². The Morgan fingerprint density at radius 1 is 1.28 bits per heavy atom. The highest BCUT2D eigenvalue weighted by molar-refractivity contribution is 9.11. The molecule has 0 heterocycles. The fourth-order valence-electron chi connectivity index (χ4n) is 1.59. The van der Waals surface area contributed by atoms with Crippen LogP contribution in [0, 0.1) is 0 Å². The third kappa shape index (κ3) is 4.23. The van der Waals surface area contributed by atoms with E-state index in [1.54, 1.807) is 0 Å². The summed E-state index contributed by atoms with van der Waals surface area (Å²) in [7, 11) is 0. The quantitative estimate of drug-likeness (QED) is 0.577. The van der Waals surface area contributed by atoms with Crippen molar-refractivity contribution < 1.29 is 9.47 Å². The summed E-state index contributed by atoms with van der Waals surface area (Å²) < 4.78 is 12.6. The van der Waals surface area contributed by atoms with E-state index in [-0.39, 0.29) is 6.79 Å². The van der Waals surface area contributed by atoms with Crippen LogP contribution in [0.25, 0.3) is 0 Å². The van der Waals surface area contributed by atoms with Crippen molar-refractivity contribution in [3.05, 3.63) is 26.6 Å². The first-order chi connectivity index (χ1) is 8.70. The molecule has 1 fully saturated rings. The first kappa shape index (κ1) is 14.3. The molecule has 0 radical (unpaired) electrons. The van der Waals surface area contributed by atoms with E-state index in [0.29, 0.717) is 6.61 Å². The molecule has 0 aromatic heterocycles. The Balaban J connectivity index is 1.97. The van der Waals surface area contributed by atoms with E-state index in [1.165, 1.54) is 18.4 Å². The second kappa shape index (κ2) is 6.89. The van der Waals surface area contributed by atoms with Crippen LogP contribution in [0.15, 0.2) is 21.1 Å². The molecule has 0 atom stereocenters. The summed E-state index contributed by atoms with van der Waals surface area (Å²) in [5, 5.41) is 3.49. The van der Waals surface area contributed by atoms with Crippen LogP contribution in [-0.4, -0.2) is 19.4 Å². The lowest BCUT2D eigenvalue weighted by atomic mass is 10.2. The summed E-state index contributed by atoms with van der Waals surface area (Å²) in [6.45, 7) is 3.76. The zero-order valence-corrected chi connectivity index (χ0v) is 13.5. The van der Waals surface area contributed by atoms with Crippen molar-refractivity contribution in [2.75, 3.05) is 13.4 Å². The molecule has 100 valence electrons. The molecule has 0 unspecified atom stereocenters. The van der Waals surface area contributed by atoms with Crippen LogP contribution in [0.3, 0.4) is 0 Å². The monoisotopic (exact) mass is 377 g/mol. The number of rotatable bonds is 7. The van der Waals surface area contributed by atoms with Crippen molar-refractivity contribution in [3.63, 3.8) is 0 Å². The first-order valence-corrected chi connectivity index (χ1v) is 7.71. The molecule has 1 N–H and O–H groups in total. The average Bonchev–Trinajstić information content (AvgIpc) is 3.14. The molecule has 1 saturated carbocycles. The molecule has 1 aliphatic rings. The van der Waals surface area contributed by atoms with Crippen molar-refractivity contribution in [2.45, 2.75) is 32.4 Å². The zero-order chi connectivity index (χ0) is 13.0. The van der Waals surface area contributed by atoms with Crippen molar-refractivity contribution in [1.29, 1.82) is 0 Å². The van der Waals surface area contributed by atoms with Gasteiger partial charge in [0.25, 0.3) is 0 Å². The van der Waals surface area contributed by atoms with Gasteiger partial charge in [0.1, 0.15) is 0 Å². The Morgan fingerprint density at radius 2 is 1.94 bits per heavy atom. The minimum atomic E-state index is 0.271. The van der Waals surface area contributed by atoms with Crippen LogP contribution in [0.2, 0.25) is 0 Å². The Hall–Kier alpha value is -0.100. The Bertz CT molecular complexity index is 385. The minimum absolute atomic E-state index is 0.271. The summed E-state index contributed by atoms with van der Waals surface area (Å²) in [5.41, 5.74) is 1.24. The molecular formula is C13H17Br2NO2. The minimum Gasteiger partial charge on any atom is -0.465 e. The largest absolute Gasteiger partial charge is 0.465 e. The molecule has 0 saturated heterocycles. The van der Waals surface area contributed by atoms with Gasteiger partial charge in [-0.3, -0.25) is 0 Å². The number of benzene rings is 1. The van der Waals surface area contributed by atoms with Gasteiger partial charge < -0.3 is 14.8 Å². The van der Waals surface area contributed by atoms with Crippen molar-refractivity contribution in [1.82, 2.24) is 5.32 Å². The molecule has 1 aromatic carbocycles. The molecule has 0 aliphatic heterocycles. The van der Waals surface area contributed by atoms with Gasteiger partial charge in [-0.25, -0.2) is 0 Å². The highest BCUT2D eigenvalue weighted by atomic mass is 79.9. The summed E-state index contributed by atoms with van der Waals surface area (Å²) in [5.74, 6) is 0.790. The number of nitrogens with one attached hydrogen (secondary N) is 1. The molecular weight excluding hydrogens is 362 g/mol. The van der Waals surface area contributed by atoms with Crippen LogP contribution in [0.1, 0.15) is 25.3 Å². The van der Waals surface area contributed by atoms with Crippen LogP contribution < -0.4 is 10.1 Å². The predicted octanol–water partition coefficient (Wildman–Crippen LogP) is 3.84. The summed E-state index contributed by atoms with van der Waals surface area (Å²) in [4.78, 5) is 0. The summed E-state index contributed by atoms with van der Waals surface area (Å²) >= 11 is 7.07. The lowest BCUT2D eigenvalue weighted by Gasteiger charge is -2.12. The molecule has 1 aliphatic carbocycles. The van der Waals surface area contributed by atoms with E-state index in [2.05, 4.69) is 49.3 Å². The van der Waals surface area contributed by atoms with E-state index in [0.717, 1.165) is 27.3 Å². The van der Waals surface area contributed by atoms with Crippen molar-refractivity contribution >= 4 is 31.9 Å². The maximum Gasteiger partial charge on any atom is 0.189 e. The van der Waals surface area contributed by atoms with Gasteiger partial charge in [0.05, 0.1) is 8.95 Å². The first-order valence-electron chi connectivity index (χ1n) is 6.12. The Labute approximate surface area is 124 Å². The van der Waals surface area contributed by atoms with Gasteiger partial charge in [-0.2, -0.15) is 0 Å². The van der Waals surface area contributed by atoms with Gasteiger partial charge in [-0.05, 0) is 69.3 Å². The van der Waals surface area contributed by atoms with Gasteiger partial charge in [0.15, 0.2) is 12.5 Å². The van der Waals surface area contributed by atoms with Crippen LogP contribution in [-0.2, 0) is 11.3 Å². The van der Waals surface area contributed by atoms with E-state index in [9.17, 15) is 0 Å². The lowest BCUT2D eigenvalue weighted by molar-refractivity contribution is 0.0215. The highest BCUT2D eigenvalue weighted by Crippen LogP contribution is 2.35. The number of hydrogen-bond donors (Lipinski definition) is 1. The van der Waals surface area contributed by atoms with Gasteiger partial charge in [-0.15, -0.1) is 0 Å². The number of hydrogen-bond acceptors (Lipinski definition) is 3. The van der Waals surface area contributed by atoms with E-state index in [4.69, 9.17) is 9.47 Å². The fraction of sp³-hybridized carbons (Fsp3) is 0.538. The maximum atomic E-state index is 5.56. The Morgan fingerprint density at radius 3 is 2.50 bits per heavy atom. The molecule has 0 bridgehead atoms. The zero-order valence-electron chi connectivity index (χ0n) is 10.3. The maximum absolute atomic E-state index is 5.56. The number of ether oxygens (including phenoxy) is 2. The average molecular weight is 379 g/mol. The second-order valence-electron chi connectivity index (χ2n) is 4.30. The predicted molar refractivity (Wildman–Crippen MR) is 78.8 cm³/mol. The summed E-state index contributed by atoms with van der Waals surface area (Å²) in [6.07, 6.45) is 2.61. The molecule has 2 rings (SSSR count). The highest BCUT2D eigenvalue weighted by Gasteiger charge is 2.20. The summed E-state index contributed by atoms with van der Waals surface area (Å²) in [6, 6.07) is 4.89. The van der Waals surface area contributed by atoms with Crippen LogP contribution in [0.4, 0.5) is 0 Å². The molecule has 0 amide bonds. The van der Waals surface area contributed by atoms with E-state index in [1.807, 2.05) is 6.92 Å². The third-order valence-corrected chi connectivity index (χ3v) is 3.90. The van der Waals surface area contributed by atoms with E-state index < -0.39 is 0 Å². The van der Waals surface area contributed by atoms with Gasteiger partial charge in [0.2, 0.25) is 0 Å². The van der Waals surface area contributed by atoms with Gasteiger partial charge in [-0.1, -0.05) is 0 Å². The van der Waals surface area contributed by atoms with E-state index >= 15 is 0 Å². The topological polar surface area (TPSA) is 30.5 Å². The van der Waals surface area contributed by atoms with Gasteiger partial charge in [0, 0.05) is 19.2 Å². The second-order valence-corrected chi connectivity index (χ2v) is 6.01. The molecule has 3 nitrogen and oxygen atoms in total.